The summed E-state index contributed by atoms with van der Waals surface area (Å²) in [6, 6.07) is 3.68. The van der Waals surface area contributed by atoms with Crippen molar-refractivity contribution in [1.29, 1.82) is 0 Å². The molecule has 1 aliphatic heterocycles. The van der Waals surface area contributed by atoms with Crippen LogP contribution < -0.4 is 10.6 Å². The molecule has 38 heavy (non-hydrogen) atoms. The maximum absolute atomic E-state index is 13.4. The summed E-state index contributed by atoms with van der Waals surface area (Å²) in [5.74, 6) is -1.62. The van der Waals surface area contributed by atoms with Gasteiger partial charge in [-0.05, 0) is 57.4 Å². The van der Waals surface area contributed by atoms with Crippen molar-refractivity contribution in [2.24, 2.45) is 5.92 Å². The number of piperidine rings is 1. The zero-order valence-electron chi connectivity index (χ0n) is 22.3. The minimum absolute atomic E-state index is 0.0481. The van der Waals surface area contributed by atoms with E-state index < -0.39 is 29.5 Å². The van der Waals surface area contributed by atoms with Gasteiger partial charge < -0.3 is 20.1 Å². The van der Waals surface area contributed by atoms with Gasteiger partial charge in [0.1, 0.15) is 17.7 Å². The van der Waals surface area contributed by atoms with Crippen molar-refractivity contribution in [3.05, 3.63) is 47.2 Å². The van der Waals surface area contributed by atoms with Crippen LogP contribution in [-0.2, 0) is 27.3 Å². The van der Waals surface area contributed by atoms with Crippen LogP contribution in [0.2, 0.25) is 0 Å². The van der Waals surface area contributed by atoms with E-state index in [0.29, 0.717) is 44.8 Å². The van der Waals surface area contributed by atoms with Crippen molar-refractivity contribution in [3.63, 3.8) is 0 Å². The van der Waals surface area contributed by atoms with E-state index in [2.05, 4.69) is 20.7 Å². The summed E-state index contributed by atoms with van der Waals surface area (Å²) in [7, 11) is 0. The summed E-state index contributed by atoms with van der Waals surface area (Å²) in [5, 5.41) is 9.24. The van der Waals surface area contributed by atoms with E-state index in [1.807, 2.05) is 25.7 Å². The van der Waals surface area contributed by atoms with E-state index >= 15 is 0 Å². The Morgan fingerprint density at radius 1 is 1.13 bits per heavy atom. The van der Waals surface area contributed by atoms with E-state index in [1.54, 1.807) is 6.07 Å². The van der Waals surface area contributed by atoms with Crippen molar-refractivity contribution < 1.29 is 27.7 Å². The molecule has 11 heteroatoms. The smallest absolute Gasteiger partial charge is 0.248 e. The molecule has 0 aliphatic carbocycles. The molecule has 3 rings (SSSR count). The van der Waals surface area contributed by atoms with Crippen LogP contribution in [0.4, 0.5) is 14.6 Å². The van der Waals surface area contributed by atoms with Crippen molar-refractivity contribution >= 4 is 23.5 Å². The number of aromatic nitrogens is 1. The summed E-state index contributed by atoms with van der Waals surface area (Å²) in [6.07, 6.45) is 2.51. The maximum atomic E-state index is 13.4. The van der Waals surface area contributed by atoms with Crippen molar-refractivity contribution in [1.82, 2.24) is 20.3 Å². The Hall–Kier alpha value is -3.34. The summed E-state index contributed by atoms with van der Waals surface area (Å²) < 4.78 is 32.3. The van der Waals surface area contributed by atoms with Gasteiger partial charge >= 0.3 is 0 Å². The second-order valence-electron chi connectivity index (χ2n) is 9.62. The first-order valence-corrected chi connectivity index (χ1v) is 13.2. The van der Waals surface area contributed by atoms with Crippen LogP contribution in [0.5, 0.6) is 0 Å². The van der Waals surface area contributed by atoms with Gasteiger partial charge in [-0.15, -0.1) is 0 Å². The second-order valence-corrected chi connectivity index (χ2v) is 9.62. The highest BCUT2D eigenvalue weighted by molar-refractivity contribution is 5.96. The lowest BCUT2D eigenvalue weighted by Crippen LogP contribution is -2.44. The van der Waals surface area contributed by atoms with Gasteiger partial charge in [-0.2, -0.15) is 0 Å². The number of carbonyl (C=O) groups excluding carboxylic acids is 3. The number of rotatable bonds is 12. The molecular formula is C27H37F2N5O4. The lowest BCUT2D eigenvalue weighted by atomic mass is 9.96. The lowest BCUT2D eigenvalue weighted by molar-refractivity contribution is -0.137. The maximum Gasteiger partial charge on any atom is 0.248 e. The van der Waals surface area contributed by atoms with Crippen LogP contribution >= 0.6 is 0 Å². The molecule has 1 saturated heterocycles. The highest BCUT2D eigenvalue weighted by atomic mass is 19.1. The Bertz CT molecular complexity index is 1080. The van der Waals surface area contributed by atoms with Crippen molar-refractivity contribution in [3.8, 4) is 0 Å². The topological polar surface area (TPSA) is 108 Å². The molecule has 2 N–H and O–H groups in total. The number of hydrogen-bond acceptors (Lipinski definition) is 6. The Balaban J connectivity index is 1.54. The second kappa shape index (κ2) is 14.0. The highest BCUT2D eigenvalue weighted by Gasteiger charge is 2.29. The lowest BCUT2D eigenvalue weighted by Gasteiger charge is -2.33. The monoisotopic (exact) mass is 533 g/mol. The molecule has 0 spiro atoms. The minimum atomic E-state index is -0.847. The Kier molecular flexibility index (Phi) is 10.8. The Labute approximate surface area is 221 Å². The third-order valence-corrected chi connectivity index (χ3v) is 6.64. The van der Waals surface area contributed by atoms with Gasteiger partial charge in [-0.3, -0.25) is 19.3 Å². The number of benzene rings is 1. The average Bonchev–Trinajstić information content (AvgIpc) is 3.30. The zero-order chi connectivity index (χ0) is 27.7. The molecule has 1 aliphatic rings. The quantitative estimate of drug-likeness (QED) is 0.433. The number of hydrogen-bond donors (Lipinski definition) is 2. The molecule has 2 heterocycles. The fourth-order valence-corrected chi connectivity index (χ4v) is 4.78. The first-order chi connectivity index (χ1) is 18.2. The fraction of sp³-hybridized carbons (Fsp3) is 0.556. The normalized spacial score (nSPS) is 16.6. The van der Waals surface area contributed by atoms with Crippen molar-refractivity contribution in [2.45, 2.75) is 65.5 Å². The van der Waals surface area contributed by atoms with Crippen LogP contribution in [0.1, 0.15) is 57.8 Å². The van der Waals surface area contributed by atoms with Gasteiger partial charge in [0.2, 0.25) is 17.7 Å². The third kappa shape index (κ3) is 8.34. The fourth-order valence-electron chi connectivity index (χ4n) is 4.78. The summed E-state index contributed by atoms with van der Waals surface area (Å²) in [4.78, 5) is 42.1. The molecule has 0 saturated carbocycles. The number of nitrogens with zero attached hydrogens (tertiary/aromatic N) is 3. The van der Waals surface area contributed by atoms with E-state index in [0.717, 1.165) is 37.6 Å². The standard InChI is InChI=1S/C27H37F2N5O4/c1-4-8-23(30-25(35)13-18-11-20(28)14-21(29)12-18)26(36)31-24-15-22(38-32-24)17-33-10-7-9-19(16-33)27(37)34(5-2)6-3/h11-12,14-15,19,23H,4-10,13,16-17H2,1-3H3,(H,30,35)(H,31,32,36). The SMILES string of the molecule is CCCC(NC(=O)Cc1cc(F)cc(F)c1)C(=O)Nc1cc(CN2CCCC(C(=O)N(CC)CC)C2)on1. The van der Waals surface area contributed by atoms with E-state index in [4.69, 9.17) is 4.52 Å². The van der Waals surface area contributed by atoms with Gasteiger partial charge in [-0.1, -0.05) is 18.5 Å². The predicted molar refractivity (Wildman–Crippen MR) is 138 cm³/mol. The molecule has 3 amide bonds. The van der Waals surface area contributed by atoms with Crippen LogP contribution in [-0.4, -0.2) is 64.9 Å². The van der Waals surface area contributed by atoms with Crippen LogP contribution in [0, 0.1) is 17.6 Å². The predicted octanol–water partition coefficient (Wildman–Crippen LogP) is 3.50. The van der Waals surface area contributed by atoms with E-state index in [9.17, 15) is 23.2 Å². The van der Waals surface area contributed by atoms with Crippen LogP contribution in [0.3, 0.4) is 0 Å². The highest BCUT2D eigenvalue weighted by Crippen LogP contribution is 2.22. The number of anilines is 1. The zero-order valence-corrected chi connectivity index (χ0v) is 22.3. The molecule has 1 aromatic heterocycles. The first kappa shape index (κ1) is 29.2. The summed E-state index contributed by atoms with van der Waals surface area (Å²) in [5.41, 5.74) is 0.176. The largest absolute Gasteiger partial charge is 0.358 e. The van der Waals surface area contributed by atoms with Crippen molar-refractivity contribution in [2.75, 3.05) is 31.5 Å². The van der Waals surface area contributed by atoms with E-state index in [1.165, 1.54) is 0 Å². The van der Waals surface area contributed by atoms with Crippen LogP contribution in [0.25, 0.3) is 0 Å². The third-order valence-electron chi connectivity index (χ3n) is 6.64. The number of likely N-dealkylation sites (tertiary alicyclic amines) is 1. The Morgan fingerprint density at radius 3 is 2.50 bits per heavy atom. The van der Waals surface area contributed by atoms with Gasteiger partial charge in [-0.25, -0.2) is 8.78 Å². The molecule has 1 fully saturated rings. The van der Waals surface area contributed by atoms with E-state index in [-0.39, 0.29) is 29.6 Å². The number of carbonyl (C=O) groups is 3. The molecule has 1 aromatic carbocycles. The van der Waals surface area contributed by atoms with Gasteiger partial charge in [0.05, 0.1) is 18.9 Å². The summed E-state index contributed by atoms with van der Waals surface area (Å²) in [6.45, 7) is 9.16. The minimum Gasteiger partial charge on any atom is -0.358 e. The molecule has 2 atom stereocenters. The molecule has 9 nitrogen and oxygen atoms in total. The number of nitrogens with one attached hydrogen (secondary N) is 2. The molecular weight excluding hydrogens is 496 g/mol. The first-order valence-electron chi connectivity index (χ1n) is 13.2. The Morgan fingerprint density at radius 2 is 1.84 bits per heavy atom. The molecule has 2 aromatic rings. The van der Waals surface area contributed by atoms with Gasteiger partial charge in [0, 0.05) is 31.8 Å². The molecule has 208 valence electrons. The van der Waals surface area contributed by atoms with Gasteiger partial charge in [0.15, 0.2) is 11.6 Å². The molecule has 0 radical (unpaired) electrons. The van der Waals surface area contributed by atoms with Crippen LogP contribution in [0.15, 0.2) is 28.8 Å². The molecule has 2 unspecified atom stereocenters. The number of amides is 3. The summed E-state index contributed by atoms with van der Waals surface area (Å²) >= 11 is 0. The average molecular weight is 534 g/mol. The van der Waals surface area contributed by atoms with Gasteiger partial charge in [0.25, 0.3) is 0 Å². The molecule has 0 bridgehead atoms. The number of halogens is 2.